The smallest absolute Gasteiger partial charge is 0.274 e. The first-order chi connectivity index (χ1) is 12.2. The van der Waals surface area contributed by atoms with E-state index in [4.69, 9.17) is 5.26 Å². The Hall–Kier alpha value is -3.17. The number of anilines is 3. The number of nitriles is 1. The van der Waals surface area contributed by atoms with Crippen molar-refractivity contribution in [3.63, 3.8) is 0 Å². The average molecular weight is 393 g/mol. The molecule has 25 heavy (non-hydrogen) atoms. The topological polar surface area (TPSA) is 77.8 Å². The number of hydrogen-bond acceptors (Lipinski definition) is 4. The van der Waals surface area contributed by atoms with Crippen LogP contribution >= 0.6 is 15.9 Å². The highest BCUT2D eigenvalue weighted by Crippen LogP contribution is 2.23. The summed E-state index contributed by atoms with van der Waals surface area (Å²) in [5, 5.41) is 15.1. The molecule has 3 aromatic rings. The third-order valence-corrected chi connectivity index (χ3v) is 4.13. The zero-order chi connectivity index (χ0) is 17.6. The fraction of sp³-hybridized carbons (Fsp3) is 0. The fourth-order valence-corrected chi connectivity index (χ4v) is 2.61. The Morgan fingerprint density at radius 1 is 1.04 bits per heavy atom. The second-order valence-corrected chi connectivity index (χ2v) is 6.00. The summed E-state index contributed by atoms with van der Waals surface area (Å²) >= 11 is 3.39. The molecule has 2 N–H and O–H groups in total. The van der Waals surface area contributed by atoms with Gasteiger partial charge < -0.3 is 10.6 Å². The Balaban J connectivity index is 1.81. The Kier molecular flexibility index (Phi) is 5.07. The molecule has 122 valence electrons. The molecule has 0 aliphatic carbocycles. The minimum Gasteiger partial charge on any atom is -0.354 e. The molecule has 3 rings (SSSR count). The molecule has 0 radical (unpaired) electrons. The molecule has 0 fully saturated rings. The first-order valence-electron chi connectivity index (χ1n) is 7.45. The Morgan fingerprint density at radius 3 is 2.52 bits per heavy atom. The van der Waals surface area contributed by atoms with Gasteiger partial charge in [0.2, 0.25) is 0 Å². The summed E-state index contributed by atoms with van der Waals surface area (Å²) in [6.07, 6.45) is 1.55. The summed E-state index contributed by atoms with van der Waals surface area (Å²) in [7, 11) is 0. The molecule has 0 saturated heterocycles. The number of amides is 1. The average Bonchev–Trinajstić information content (AvgIpc) is 2.64. The summed E-state index contributed by atoms with van der Waals surface area (Å²) in [5.41, 5.74) is 2.82. The number of nitrogens with one attached hydrogen (secondary N) is 2. The van der Waals surface area contributed by atoms with Gasteiger partial charge in [-0.15, -0.1) is 0 Å². The van der Waals surface area contributed by atoms with Crippen molar-refractivity contribution in [3.05, 3.63) is 82.6 Å². The number of para-hydroxylation sites is 2. The number of hydrogen-bond donors (Lipinski definition) is 2. The van der Waals surface area contributed by atoms with E-state index in [0.717, 1.165) is 4.47 Å². The maximum absolute atomic E-state index is 12.4. The number of halogens is 1. The Morgan fingerprint density at radius 2 is 1.76 bits per heavy atom. The fourth-order valence-electron chi connectivity index (χ4n) is 2.23. The van der Waals surface area contributed by atoms with Crippen molar-refractivity contribution in [2.24, 2.45) is 0 Å². The first kappa shape index (κ1) is 16.7. The van der Waals surface area contributed by atoms with E-state index in [-0.39, 0.29) is 11.6 Å². The number of nitrogens with zero attached hydrogens (tertiary/aromatic N) is 2. The number of carbonyl (C=O) groups is 1. The van der Waals surface area contributed by atoms with E-state index in [1.54, 1.807) is 42.6 Å². The molecule has 6 heteroatoms. The number of carbonyl (C=O) groups excluding carboxylic acids is 1. The molecule has 0 atom stereocenters. The lowest BCUT2D eigenvalue weighted by Crippen LogP contribution is -2.14. The molecule has 0 aliphatic rings. The van der Waals surface area contributed by atoms with Crippen LogP contribution in [0.1, 0.15) is 16.1 Å². The van der Waals surface area contributed by atoms with Gasteiger partial charge in [0.15, 0.2) is 0 Å². The van der Waals surface area contributed by atoms with E-state index in [1.807, 2.05) is 24.3 Å². The van der Waals surface area contributed by atoms with Gasteiger partial charge in [0.25, 0.3) is 5.91 Å². The summed E-state index contributed by atoms with van der Waals surface area (Å²) in [5.74, 6) is -0.316. The third-order valence-electron chi connectivity index (χ3n) is 3.44. The highest BCUT2D eigenvalue weighted by molar-refractivity contribution is 9.10. The lowest BCUT2D eigenvalue weighted by atomic mass is 10.2. The van der Waals surface area contributed by atoms with Gasteiger partial charge in [-0.1, -0.05) is 24.3 Å². The number of aromatic nitrogens is 1. The summed E-state index contributed by atoms with van der Waals surface area (Å²) in [6.45, 7) is 0. The van der Waals surface area contributed by atoms with E-state index in [1.165, 1.54) is 0 Å². The van der Waals surface area contributed by atoms with Crippen LogP contribution in [0, 0.1) is 11.3 Å². The molecule has 5 nitrogen and oxygen atoms in total. The zero-order valence-electron chi connectivity index (χ0n) is 13.0. The zero-order valence-corrected chi connectivity index (χ0v) is 14.6. The Bertz CT molecular complexity index is 965. The van der Waals surface area contributed by atoms with Crippen LogP contribution in [0.2, 0.25) is 0 Å². The van der Waals surface area contributed by atoms with Gasteiger partial charge in [-0.2, -0.15) is 5.26 Å². The molecule has 0 aliphatic heterocycles. The molecule has 0 unspecified atom stereocenters. The van der Waals surface area contributed by atoms with Crippen molar-refractivity contribution < 1.29 is 4.79 Å². The summed E-state index contributed by atoms with van der Waals surface area (Å²) in [6, 6.07) is 20.0. The monoisotopic (exact) mass is 392 g/mol. The number of benzene rings is 2. The molecule has 1 aromatic heterocycles. The number of pyridine rings is 1. The molecular formula is C19H13BrN4O. The quantitative estimate of drug-likeness (QED) is 0.673. The van der Waals surface area contributed by atoms with E-state index in [2.05, 4.69) is 37.6 Å². The standard InChI is InChI=1S/C19H13BrN4O/c20-15-6-2-4-8-17(15)24-19(25)18-11-14(9-10-22-18)23-16-7-3-1-5-13(16)12-21/h1-11H,(H,22,23)(H,24,25). The van der Waals surface area contributed by atoms with Gasteiger partial charge in [-0.05, 0) is 52.3 Å². The normalized spacial score (nSPS) is 9.92. The van der Waals surface area contributed by atoms with Crippen LogP contribution in [0.25, 0.3) is 0 Å². The van der Waals surface area contributed by atoms with Crippen LogP contribution in [0.5, 0.6) is 0 Å². The van der Waals surface area contributed by atoms with Gasteiger partial charge in [0.05, 0.1) is 16.9 Å². The van der Waals surface area contributed by atoms with Crippen molar-refractivity contribution in [1.82, 2.24) is 4.98 Å². The van der Waals surface area contributed by atoms with Crippen molar-refractivity contribution >= 4 is 38.9 Å². The van der Waals surface area contributed by atoms with Gasteiger partial charge in [0.1, 0.15) is 11.8 Å². The van der Waals surface area contributed by atoms with Crippen molar-refractivity contribution in [3.8, 4) is 6.07 Å². The van der Waals surface area contributed by atoms with Gasteiger partial charge in [-0.25, -0.2) is 0 Å². The maximum atomic E-state index is 12.4. The SMILES string of the molecule is N#Cc1ccccc1Nc1ccnc(C(=O)Nc2ccccc2Br)c1. The maximum Gasteiger partial charge on any atom is 0.274 e. The highest BCUT2D eigenvalue weighted by Gasteiger charge is 2.10. The van der Waals surface area contributed by atoms with E-state index in [9.17, 15) is 4.79 Å². The van der Waals surface area contributed by atoms with Crippen LogP contribution in [-0.2, 0) is 0 Å². The molecule has 1 amide bonds. The van der Waals surface area contributed by atoms with Crippen LogP contribution in [0.15, 0.2) is 71.3 Å². The second kappa shape index (κ2) is 7.60. The predicted molar refractivity (Wildman–Crippen MR) is 101 cm³/mol. The lowest BCUT2D eigenvalue weighted by molar-refractivity contribution is 0.102. The predicted octanol–water partition coefficient (Wildman–Crippen LogP) is 4.71. The highest BCUT2D eigenvalue weighted by atomic mass is 79.9. The minimum atomic E-state index is -0.316. The number of rotatable bonds is 4. The summed E-state index contributed by atoms with van der Waals surface area (Å²) < 4.78 is 0.792. The lowest BCUT2D eigenvalue weighted by Gasteiger charge is -2.10. The van der Waals surface area contributed by atoms with Gasteiger partial charge in [-0.3, -0.25) is 9.78 Å². The van der Waals surface area contributed by atoms with E-state index < -0.39 is 0 Å². The van der Waals surface area contributed by atoms with Crippen LogP contribution < -0.4 is 10.6 Å². The molecule has 1 heterocycles. The van der Waals surface area contributed by atoms with Gasteiger partial charge in [0, 0.05) is 16.4 Å². The van der Waals surface area contributed by atoms with Crippen LogP contribution in [-0.4, -0.2) is 10.9 Å². The molecule has 0 bridgehead atoms. The van der Waals surface area contributed by atoms with Crippen molar-refractivity contribution in [2.45, 2.75) is 0 Å². The molecular weight excluding hydrogens is 380 g/mol. The molecule has 0 spiro atoms. The Labute approximate surface area is 153 Å². The molecule has 0 saturated carbocycles. The largest absolute Gasteiger partial charge is 0.354 e. The summed E-state index contributed by atoms with van der Waals surface area (Å²) in [4.78, 5) is 16.5. The van der Waals surface area contributed by atoms with Crippen LogP contribution in [0.3, 0.4) is 0 Å². The van der Waals surface area contributed by atoms with E-state index >= 15 is 0 Å². The van der Waals surface area contributed by atoms with E-state index in [0.29, 0.717) is 22.6 Å². The van der Waals surface area contributed by atoms with Crippen molar-refractivity contribution in [1.29, 1.82) is 5.26 Å². The van der Waals surface area contributed by atoms with Crippen LogP contribution in [0.4, 0.5) is 17.1 Å². The minimum absolute atomic E-state index is 0.273. The first-order valence-corrected chi connectivity index (χ1v) is 8.25. The third kappa shape index (κ3) is 4.03. The second-order valence-electron chi connectivity index (χ2n) is 5.15. The van der Waals surface area contributed by atoms with Crippen molar-refractivity contribution in [2.75, 3.05) is 10.6 Å². The molecule has 2 aromatic carbocycles. The van der Waals surface area contributed by atoms with Gasteiger partial charge >= 0.3 is 0 Å².